The molecule has 0 N–H and O–H groups in total. The van der Waals surface area contributed by atoms with Gasteiger partial charge in [0, 0.05) is 32.6 Å². The number of hydrogen-bond acceptors (Lipinski definition) is 2. The Morgan fingerprint density at radius 3 is 1.95 bits per heavy atom. The molecule has 108 valence electrons. The molecule has 0 aliphatic carbocycles. The summed E-state index contributed by atoms with van der Waals surface area (Å²) >= 11 is 0. The summed E-state index contributed by atoms with van der Waals surface area (Å²) in [6, 6.07) is 8.06. The van der Waals surface area contributed by atoms with E-state index in [-0.39, 0.29) is 11.8 Å². The molecule has 0 radical (unpaired) electrons. The Kier molecular flexibility index (Phi) is 4.77. The summed E-state index contributed by atoms with van der Waals surface area (Å²) in [7, 11) is 0. The molecule has 2 rings (SSSR count). The van der Waals surface area contributed by atoms with Gasteiger partial charge in [-0.2, -0.15) is 0 Å². The molecule has 1 saturated heterocycles. The molecule has 0 saturated carbocycles. The number of piperazine rings is 1. The molecule has 1 aliphatic heterocycles. The van der Waals surface area contributed by atoms with Gasteiger partial charge >= 0.3 is 0 Å². The van der Waals surface area contributed by atoms with Crippen LogP contribution in [0.5, 0.6) is 0 Å². The number of carbonyl (C=O) groups is 2. The predicted octanol–water partition coefficient (Wildman–Crippen LogP) is 1.62. The van der Waals surface area contributed by atoms with Gasteiger partial charge in [0.05, 0.1) is 6.42 Å². The number of rotatable bonds is 3. The highest BCUT2D eigenvalue weighted by atomic mass is 16.2. The van der Waals surface area contributed by atoms with Crippen molar-refractivity contribution in [2.24, 2.45) is 0 Å². The number of amides is 2. The van der Waals surface area contributed by atoms with Crippen LogP contribution in [0.1, 0.15) is 24.5 Å². The van der Waals surface area contributed by atoms with E-state index in [1.54, 1.807) is 0 Å². The zero-order valence-corrected chi connectivity index (χ0v) is 12.3. The van der Waals surface area contributed by atoms with Gasteiger partial charge in [0.1, 0.15) is 0 Å². The van der Waals surface area contributed by atoms with Gasteiger partial charge in [-0.15, -0.1) is 0 Å². The Balaban J connectivity index is 1.85. The van der Waals surface area contributed by atoms with E-state index < -0.39 is 0 Å². The van der Waals surface area contributed by atoms with E-state index in [0.717, 1.165) is 5.56 Å². The third kappa shape index (κ3) is 3.59. The zero-order chi connectivity index (χ0) is 14.5. The fraction of sp³-hybridized carbons (Fsp3) is 0.500. The van der Waals surface area contributed by atoms with E-state index in [0.29, 0.717) is 39.0 Å². The lowest BCUT2D eigenvalue weighted by molar-refractivity contribution is -0.139. The molecule has 0 spiro atoms. The van der Waals surface area contributed by atoms with Crippen molar-refractivity contribution in [3.63, 3.8) is 0 Å². The molecular weight excluding hydrogens is 252 g/mol. The Labute approximate surface area is 120 Å². The van der Waals surface area contributed by atoms with Gasteiger partial charge in [-0.1, -0.05) is 36.8 Å². The molecule has 1 heterocycles. The lowest BCUT2D eigenvalue weighted by Gasteiger charge is -2.34. The summed E-state index contributed by atoms with van der Waals surface area (Å²) in [5.41, 5.74) is 2.25. The highest BCUT2D eigenvalue weighted by molar-refractivity contribution is 5.80. The summed E-state index contributed by atoms with van der Waals surface area (Å²) in [5, 5.41) is 0. The second-order valence-corrected chi connectivity index (χ2v) is 5.28. The first-order chi connectivity index (χ1) is 9.60. The predicted molar refractivity (Wildman–Crippen MR) is 78.3 cm³/mol. The molecule has 0 aromatic heterocycles. The van der Waals surface area contributed by atoms with Gasteiger partial charge in [0.25, 0.3) is 0 Å². The number of carbonyl (C=O) groups excluding carboxylic acids is 2. The molecule has 4 heteroatoms. The number of nitrogens with zero attached hydrogens (tertiary/aromatic N) is 2. The summed E-state index contributed by atoms with van der Waals surface area (Å²) in [6.07, 6.45) is 0.985. The van der Waals surface area contributed by atoms with Crippen LogP contribution in [0.2, 0.25) is 0 Å². The maximum absolute atomic E-state index is 12.2. The summed E-state index contributed by atoms with van der Waals surface area (Å²) < 4.78 is 0. The minimum Gasteiger partial charge on any atom is -0.339 e. The minimum absolute atomic E-state index is 0.150. The molecule has 0 atom stereocenters. The van der Waals surface area contributed by atoms with Crippen molar-refractivity contribution in [1.82, 2.24) is 9.80 Å². The van der Waals surface area contributed by atoms with Crippen LogP contribution < -0.4 is 0 Å². The average molecular weight is 274 g/mol. The maximum atomic E-state index is 12.2. The average Bonchev–Trinajstić information content (AvgIpc) is 2.49. The van der Waals surface area contributed by atoms with Gasteiger partial charge in [0.2, 0.25) is 11.8 Å². The summed E-state index contributed by atoms with van der Waals surface area (Å²) in [5.74, 6) is 0.327. The van der Waals surface area contributed by atoms with Gasteiger partial charge in [-0.25, -0.2) is 0 Å². The van der Waals surface area contributed by atoms with E-state index >= 15 is 0 Å². The van der Waals surface area contributed by atoms with Crippen LogP contribution in [0.25, 0.3) is 0 Å². The van der Waals surface area contributed by atoms with Crippen LogP contribution in [0, 0.1) is 6.92 Å². The maximum Gasteiger partial charge on any atom is 0.227 e. The lowest BCUT2D eigenvalue weighted by atomic mass is 10.1. The Hall–Kier alpha value is -1.84. The van der Waals surface area contributed by atoms with E-state index in [9.17, 15) is 9.59 Å². The third-order valence-electron chi connectivity index (χ3n) is 3.76. The molecule has 4 nitrogen and oxygen atoms in total. The van der Waals surface area contributed by atoms with Crippen molar-refractivity contribution < 1.29 is 9.59 Å². The van der Waals surface area contributed by atoms with Crippen LogP contribution >= 0.6 is 0 Å². The van der Waals surface area contributed by atoms with E-state index in [1.165, 1.54) is 5.56 Å². The molecule has 1 aromatic carbocycles. The van der Waals surface area contributed by atoms with E-state index in [4.69, 9.17) is 0 Å². The van der Waals surface area contributed by atoms with Crippen LogP contribution in [-0.4, -0.2) is 47.8 Å². The van der Waals surface area contributed by atoms with Gasteiger partial charge in [-0.3, -0.25) is 9.59 Å². The minimum atomic E-state index is 0.150. The Bertz CT molecular complexity index is 474. The smallest absolute Gasteiger partial charge is 0.227 e. The molecular formula is C16H22N2O2. The van der Waals surface area contributed by atoms with Crippen molar-refractivity contribution in [2.75, 3.05) is 26.2 Å². The molecule has 1 aliphatic rings. The molecule has 0 unspecified atom stereocenters. The van der Waals surface area contributed by atoms with Crippen LogP contribution in [0.3, 0.4) is 0 Å². The second-order valence-electron chi connectivity index (χ2n) is 5.28. The highest BCUT2D eigenvalue weighted by Gasteiger charge is 2.23. The number of aryl methyl sites for hydroxylation is 1. The standard InChI is InChI=1S/C16H22N2O2/c1-3-15(19)17-8-10-18(11-9-17)16(20)12-14-6-4-13(2)5-7-14/h4-7H,3,8-12H2,1-2H3. The van der Waals surface area contributed by atoms with Crippen molar-refractivity contribution in [1.29, 1.82) is 0 Å². The first-order valence-electron chi connectivity index (χ1n) is 7.21. The van der Waals surface area contributed by atoms with Crippen LogP contribution in [-0.2, 0) is 16.0 Å². The monoisotopic (exact) mass is 274 g/mol. The fourth-order valence-electron chi connectivity index (χ4n) is 2.42. The third-order valence-corrected chi connectivity index (χ3v) is 3.76. The zero-order valence-electron chi connectivity index (χ0n) is 12.3. The van der Waals surface area contributed by atoms with Crippen LogP contribution in [0.15, 0.2) is 24.3 Å². The number of hydrogen-bond donors (Lipinski definition) is 0. The van der Waals surface area contributed by atoms with Crippen LogP contribution in [0.4, 0.5) is 0 Å². The molecule has 0 bridgehead atoms. The SMILES string of the molecule is CCC(=O)N1CCN(C(=O)Cc2ccc(C)cc2)CC1. The van der Waals surface area contributed by atoms with Gasteiger partial charge in [-0.05, 0) is 12.5 Å². The first kappa shape index (κ1) is 14.6. The van der Waals surface area contributed by atoms with Gasteiger partial charge < -0.3 is 9.80 Å². The Morgan fingerprint density at radius 2 is 1.45 bits per heavy atom. The quantitative estimate of drug-likeness (QED) is 0.840. The normalized spacial score (nSPS) is 15.3. The second kappa shape index (κ2) is 6.55. The van der Waals surface area contributed by atoms with Crippen molar-refractivity contribution in [3.8, 4) is 0 Å². The van der Waals surface area contributed by atoms with Crippen molar-refractivity contribution in [3.05, 3.63) is 35.4 Å². The Morgan fingerprint density at radius 1 is 0.950 bits per heavy atom. The molecule has 1 aromatic rings. The topological polar surface area (TPSA) is 40.6 Å². The van der Waals surface area contributed by atoms with Crippen molar-refractivity contribution in [2.45, 2.75) is 26.7 Å². The van der Waals surface area contributed by atoms with E-state index in [2.05, 4.69) is 0 Å². The van der Waals surface area contributed by atoms with E-state index in [1.807, 2.05) is 47.9 Å². The summed E-state index contributed by atoms with van der Waals surface area (Å²) in [4.78, 5) is 27.5. The fourth-order valence-corrected chi connectivity index (χ4v) is 2.42. The largest absolute Gasteiger partial charge is 0.339 e. The lowest BCUT2D eigenvalue weighted by Crippen LogP contribution is -2.50. The van der Waals surface area contributed by atoms with Gasteiger partial charge in [0.15, 0.2) is 0 Å². The summed E-state index contributed by atoms with van der Waals surface area (Å²) in [6.45, 7) is 6.53. The van der Waals surface area contributed by atoms with Crippen molar-refractivity contribution >= 4 is 11.8 Å². The molecule has 2 amide bonds. The molecule has 20 heavy (non-hydrogen) atoms. The first-order valence-corrected chi connectivity index (χ1v) is 7.21. The highest BCUT2D eigenvalue weighted by Crippen LogP contribution is 2.09. The number of benzene rings is 1. The molecule has 1 fully saturated rings.